The first-order chi connectivity index (χ1) is 8.92. The number of hydrogen-bond donors (Lipinski definition) is 1. The van der Waals surface area contributed by atoms with Gasteiger partial charge in [-0.15, -0.1) is 0 Å². The van der Waals surface area contributed by atoms with Gasteiger partial charge in [-0.3, -0.25) is 9.88 Å². The van der Waals surface area contributed by atoms with E-state index >= 15 is 0 Å². The van der Waals surface area contributed by atoms with E-state index in [1.165, 1.54) is 18.4 Å². The summed E-state index contributed by atoms with van der Waals surface area (Å²) in [6, 6.07) is 4.95. The lowest BCUT2D eigenvalue weighted by molar-refractivity contribution is -0.0301. The SMILES string of the molecule is c1cc(CNCC2CN(C3CC3)CCO2)ccn1. The molecular weight excluding hydrogens is 226 g/mol. The number of pyridine rings is 1. The molecule has 1 aliphatic carbocycles. The van der Waals surface area contributed by atoms with E-state index in [-0.39, 0.29) is 0 Å². The van der Waals surface area contributed by atoms with Crippen LogP contribution in [0.25, 0.3) is 0 Å². The number of aromatic nitrogens is 1. The minimum absolute atomic E-state index is 0.348. The molecule has 1 aromatic rings. The number of morpholine rings is 1. The molecule has 0 bridgehead atoms. The molecule has 1 atom stereocenters. The average molecular weight is 247 g/mol. The maximum absolute atomic E-state index is 5.81. The Bertz CT molecular complexity index is 367. The predicted octanol–water partition coefficient (Wildman–Crippen LogP) is 1.03. The molecule has 2 heterocycles. The van der Waals surface area contributed by atoms with Crippen LogP contribution in [0.15, 0.2) is 24.5 Å². The monoisotopic (exact) mass is 247 g/mol. The third kappa shape index (κ3) is 3.28. The van der Waals surface area contributed by atoms with Gasteiger partial charge in [0.2, 0.25) is 0 Å². The Labute approximate surface area is 108 Å². The van der Waals surface area contributed by atoms with Crippen molar-refractivity contribution in [3.8, 4) is 0 Å². The Morgan fingerprint density at radius 3 is 2.94 bits per heavy atom. The van der Waals surface area contributed by atoms with Crippen LogP contribution in [0.1, 0.15) is 18.4 Å². The third-order valence-corrected chi connectivity index (χ3v) is 3.68. The van der Waals surface area contributed by atoms with E-state index in [4.69, 9.17) is 4.74 Å². The van der Waals surface area contributed by atoms with Crippen molar-refractivity contribution in [3.63, 3.8) is 0 Å². The first kappa shape index (κ1) is 12.1. The van der Waals surface area contributed by atoms with E-state index in [0.717, 1.165) is 38.8 Å². The van der Waals surface area contributed by atoms with Gasteiger partial charge in [0.15, 0.2) is 0 Å². The number of hydrogen-bond acceptors (Lipinski definition) is 4. The van der Waals surface area contributed by atoms with E-state index in [9.17, 15) is 0 Å². The normalized spacial score (nSPS) is 25.2. The molecule has 1 aliphatic heterocycles. The lowest BCUT2D eigenvalue weighted by Gasteiger charge is -2.33. The quantitative estimate of drug-likeness (QED) is 0.843. The van der Waals surface area contributed by atoms with Gasteiger partial charge in [0.25, 0.3) is 0 Å². The maximum Gasteiger partial charge on any atom is 0.0826 e. The molecule has 1 saturated heterocycles. The van der Waals surface area contributed by atoms with E-state index in [2.05, 4.69) is 15.2 Å². The van der Waals surface area contributed by atoms with Crippen LogP contribution in [0.5, 0.6) is 0 Å². The molecule has 1 unspecified atom stereocenters. The zero-order chi connectivity index (χ0) is 12.2. The lowest BCUT2D eigenvalue weighted by Crippen LogP contribution is -2.47. The number of nitrogens with one attached hydrogen (secondary N) is 1. The Balaban J connectivity index is 1.40. The molecule has 1 aromatic heterocycles. The third-order valence-electron chi connectivity index (χ3n) is 3.68. The zero-order valence-corrected chi connectivity index (χ0v) is 10.7. The number of rotatable bonds is 5. The molecule has 0 spiro atoms. The van der Waals surface area contributed by atoms with E-state index in [0.29, 0.717) is 6.10 Å². The van der Waals surface area contributed by atoms with Crippen LogP contribution in [0, 0.1) is 0 Å². The van der Waals surface area contributed by atoms with Crippen molar-refractivity contribution in [1.82, 2.24) is 15.2 Å². The summed E-state index contributed by atoms with van der Waals surface area (Å²) in [6.07, 6.45) is 6.79. The number of nitrogens with zero attached hydrogens (tertiary/aromatic N) is 2. The smallest absolute Gasteiger partial charge is 0.0826 e. The largest absolute Gasteiger partial charge is 0.374 e. The highest BCUT2D eigenvalue weighted by Crippen LogP contribution is 2.28. The van der Waals surface area contributed by atoms with Crippen LogP contribution in [0.2, 0.25) is 0 Å². The second kappa shape index (κ2) is 5.78. The first-order valence-corrected chi connectivity index (χ1v) is 6.87. The van der Waals surface area contributed by atoms with Gasteiger partial charge in [0, 0.05) is 44.6 Å². The standard InChI is InChI=1S/C14H21N3O/c1-2-13(1)17-7-8-18-14(11-17)10-16-9-12-3-5-15-6-4-12/h3-6,13-14,16H,1-2,7-11H2. The minimum Gasteiger partial charge on any atom is -0.374 e. The summed E-state index contributed by atoms with van der Waals surface area (Å²) >= 11 is 0. The summed E-state index contributed by atoms with van der Waals surface area (Å²) in [5, 5.41) is 3.47. The molecular formula is C14H21N3O. The highest BCUT2D eigenvalue weighted by Gasteiger charge is 2.32. The molecule has 0 aromatic carbocycles. The van der Waals surface area contributed by atoms with Crippen LogP contribution in [-0.2, 0) is 11.3 Å². The van der Waals surface area contributed by atoms with Crippen LogP contribution < -0.4 is 5.32 Å². The van der Waals surface area contributed by atoms with Gasteiger partial charge in [0.1, 0.15) is 0 Å². The molecule has 1 saturated carbocycles. The van der Waals surface area contributed by atoms with Crippen molar-refractivity contribution in [1.29, 1.82) is 0 Å². The van der Waals surface area contributed by atoms with E-state index < -0.39 is 0 Å². The van der Waals surface area contributed by atoms with Gasteiger partial charge in [-0.1, -0.05) is 0 Å². The Morgan fingerprint density at radius 1 is 1.33 bits per heavy atom. The molecule has 4 nitrogen and oxygen atoms in total. The predicted molar refractivity (Wildman–Crippen MR) is 70.3 cm³/mol. The van der Waals surface area contributed by atoms with Crippen molar-refractivity contribution >= 4 is 0 Å². The second-order valence-corrected chi connectivity index (χ2v) is 5.21. The summed E-state index contributed by atoms with van der Waals surface area (Å²) in [4.78, 5) is 6.61. The number of ether oxygens (including phenoxy) is 1. The molecule has 3 rings (SSSR count). The van der Waals surface area contributed by atoms with Gasteiger partial charge in [-0.05, 0) is 30.5 Å². The Hall–Kier alpha value is -0.970. The van der Waals surface area contributed by atoms with Crippen molar-refractivity contribution in [2.75, 3.05) is 26.2 Å². The van der Waals surface area contributed by atoms with Crippen molar-refractivity contribution in [3.05, 3.63) is 30.1 Å². The van der Waals surface area contributed by atoms with Crippen LogP contribution in [0.4, 0.5) is 0 Å². The second-order valence-electron chi connectivity index (χ2n) is 5.21. The summed E-state index contributed by atoms with van der Waals surface area (Å²) in [7, 11) is 0. The van der Waals surface area contributed by atoms with Crippen molar-refractivity contribution in [2.45, 2.75) is 31.5 Å². The molecule has 98 valence electrons. The molecule has 1 N–H and O–H groups in total. The molecule has 0 amide bonds. The highest BCUT2D eigenvalue weighted by molar-refractivity contribution is 5.09. The summed E-state index contributed by atoms with van der Waals surface area (Å²) in [5.74, 6) is 0. The van der Waals surface area contributed by atoms with Crippen LogP contribution in [0.3, 0.4) is 0 Å². The molecule has 2 fully saturated rings. The summed E-state index contributed by atoms with van der Waals surface area (Å²) < 4.78 is 5.81. The minimum atomic E-state index is 0.348. The van der Waals surface area contributed by atoms with E-state index in [1.807, 2.05) is 24.5 Å². The fraction of sp³-hybridized carbons (Fsp3) is 0.643. The summed E-state index contributed by atoms with van der Waals surface area (Å²) in [6.45, 7) is 4.93. The Kier molecular flexibility index (Phi) is 3.88. The fourth-order valence-electron chi connectivity index (χ4n) is 2.52. The zero-order valence-electron chi connectivity index (χ0n) is 10.7. The van der Waals surface area contributed by atoms with Gasteiger partial charge >= 0.3 is 0 Å². The van der Waals surface area contributed by atoms with Crippen LogP contribution >= 0.6 is 0 Å². The molecule has 0 radical (unpaired) electrons. The first-order valence-electron chi connectivity index (χ1n) is 6.87. The van der Waals surface area contributed by atoms with Crippen molar-refractivity contribution < 1.29 is 4.74 Å². The molecule has 2 aliphatic rings. The van der Waals surface area contributed by atoms with Crippen LogP contribution in [-0.4, -0.2) is 48.3 Å². The Morgan fingerprint density at radius 2 is 2.17 bits per heavy atom. The topological polar surface area (TPSA) is 37.4 Å². The maximum atomic E-state index is 5.81. The van der Waals surface area contributed by atoms with Crippen molar-refractivity contribution in [2.24, 2.45) is 0 Å². The van der Waals surface area contributed by atoms with Gasteiger partial charge in [-0.2, -0.15) is 0 Å². The summed E-state index contributed by atoms with van der Waals surface area (Å²) in [5.41, 5.74) is 1.28. The highest BCUT2D eigenvalue weighted by atomic mass is 16.5. The average Bonchev–Trinajstić information content (AvgIpc) is 3.25. The molecule has 18 heavy (non-hydrogen) atoms. The molecule has 4 heteroatoms. The van der Waals surface area contributed by atoms with Gasteiger partial charge in [0.05, 0.1) is 12.7 Å². The fourth-order valence-corrected chi connectivity index (χ4v) is 2.52. The van der Waals surface area contributed by atoms with Gasteiger partial charge in [-0.25, -0.2) is 0 Å². The van der Waals surface area contributed by atoms with Gasteiger partial charge < -0.3 is 10.1 Å². The lowest BCUT2D eigenvalue weighted by atomic mass is 10.2. The van der Waals surface area contributed by atoms with E-state index in [1.54, 1.807) is 0 Å².